The summed E-state index contributed by atoms with van der Waals surface area (Å²) < 4.78 is 37.8. The van der Waals surface area contributed by atoms with Crippen molar-refractivity contribution in [3.05, 3.63) is 47.0 Å². The summed E-state index contributed by atoms with van der Waals surface area (Å²) in [6, 6.07) is 9.69. The van der Waals surface area contributed by atoms with Gasteiger partial charge in [0, 0.05) is 6.07 Å². The van der Waals surface area contributed by atoms with Gasteiger partial charge in [0.25, 0.3) is 10.0 Å². The lowest BCUT2D eigenvalue weighted by Crippen LogP contribution is -2.13. The third-order valence-electron chi connectivity index (χ3n) is 3.36. The highest BCUT2D eigenvalue weighted by atomic mass is 35.5. The number of nitrogens with one attached hydrogen (secondary N) is 1. The zero-order valence-corrected chi connectivity index (χ0v) is 14.7. The highest BCUT2D eigenvalue weighted by Gasteiger charge is 2.18. The van der Waals surface area contributed by atoms with Crippen molar-refractivity contribution in [3.63, 3.8) is 0 Å². The van der Waals surface area contributed by atoms with Crippen LogP contribution in [0.15, 0.2) is 41.3 Å². The number of ether oxygens (including phenoxy) is 2. The van der Waals surface area contributed by atoms with Gasteiger partial charge in [0.2, 0.25) is 0 Å². The molecular formula is C16H18ClNO4S. The van der Waals surface area contributed by atoms with Gasteiger partial charge in [-0.2, -0.15) is 0 Å². The minimum absolute atomic E-state index is 0.170. The SMILES string of the molecule is CCc1ccc(S(=O)(=O)Nc2cc(Cl)c(OC)cc2OC)cc1. The number of methoxy groups -OCH3 is 2. The molecule has 0 atom stereocenters. The van der Waals surface area contributed by atoms with Gasteiger partial charge in [-0.25, -0.2) is 8.42 Å². The lowest BCUT2D eigenvalue weighted by molar-refractivity contribution is 0.396. The number of sulfonamides is 1. The van der Waals surface area contributed by atoms with Gasteiger partial charge in [-0.1, -0.05) is 30.7 Å². The molecule has 5 nitrogen and oxygen atoms in total. The van der Waals surface area contributed by atoms with Gasteiger partial charge < -0.3 is 9.47 Å². The van der Waals surface area contributed by atoms with E-state index < -0.39 is 10.0 Å². The Labute approximate surface area is 141 Å². The van der Waals surface area contributed by atoms with Crippen LogP contribution < -0.4 is 14.2 Å². The largest absolute Gasteiger partial charge is 0.495 e. The molecule has 0 aromatic heterocycles. The normalized spacial score (nSPS) is 11.1. The molecule has 0 heterocycles. The Morgan fingerprint density at radius 1 is 1.04 bits per heavy atom. The smallest absolute Gasteiger partial charge is 0.262 e. The van der Waals surface area contributed by atoms with Crippen LogP contribution in [0.25, 0.3) is 0 Å². The van der Waals surface area contributed by atoms with Crippen LogP contribution in [-0.4, -0.2) is 22.6 Å². The summed E-state index contributed by atoms with van der Waals surface area (Å²) in [4.78, 5) is 0.170. The van der Waals surface area contributed by atoms with Crippen molar-refractivity contribution >= 4 is 27.3 Å². The first-order chi connectivity index (χ1) is 10.9. The van der Waals surface area contributed by atoms with E-state index in [-0.39, 0.29) is 15.6 Å². The molecular weight excluding hydrogens is 338 g/mol. The van der Waals surface area contributed by atoms with Crippen molar-refractivity contribution in [2.75, 3.05) is 18.9 Å². The van der Waals surface area contributed by atoms with E-state index in [1.807, 2.05) is 6.92 Å². The maximum Gasteiger partial charge on any atom is 0.262 e. The summed E-state index contributed by atoms with van der Waals surface area (Å²) in [6.45, 7) is 2.01. The van der Waals surface area contributed by atoms with E-state index in [0.717, 1.165) is 12.0 Å². The van der Waals surface area contributed by atoms with Gasteiger partial charge in [-0.05, 0) is 30.2 Å². The number of anilines is 1. The molecule has 23 heavy (non-hydrogen) atoms. The summed E-state index contributed by atoms with van der Waals surface area (Å²) in [7, 11) is -0.824. The molecule has 0 fully saturated rings. The van der Waals surface area contributed by atoms with Gasteiger partial charge >= 0.3 is 0 Å². The van der Waals surface area contributed by atoms with Gasteiger partial charge in [0.1, 0.15) is 11.5 Å². The molecule has 0 amide bonds. The maximum absolute atomic E-state index is 12.5. The molecule has 0 saturated heterocycles. The van der Waals surface area contributed by atoms with Crippen molar-refractivity contribution in [2.45, 2.75) is 18.2 Å². The Hall–Kier alpha value is -1.92. The lowest BCUT2D eigenvalue weighted by Gasteiger charge is -2.14. The highest BCUT2D eigenvalue weighted by molar-refractivity contribution is 7.92. The molecule has 0 bridgehead atoms. The average molecular weight is 356 g/mol. The predicted octanol–water partition coefficient (Wildman–Crippen LogP) is 3.72. The Morgan fingerprint density at radius 3 is 2.17 bits per heavy atom. The van der Waals surface area contributed by atoms with Crippen LogP contribution in [0.4, 0.5) is 5.69 Å². The molecule has 2 aromatic rings. The van der Waals surface area contributed by atoms with Crippen LogP contribution in [0.5, 0.6) is 11.5 Å². The Bertz CT molecular complexity index is 788. The predicted molar refractivity (Wildman–Crippen MR) is 91.2 cm³/mol. The first-order valence-electron chi connectivity index (χ1n) is 6.94. The average Bonchev–Trinajstić information content (AvgIpc) is 2.55. The number of rotatable bonds is 6. The summed E-state index contributed by atoms with van der Waals surface area (Å²) in [6.07, 6.45) is 0.843. The fraction of sp³-hybridized carbons (Fsp3) is 0.250. The molecule has 2 rings (SSSR count). The third kappa shape index (κ3) is 3.89. The van der Waals surface area contributed by atoms with Crippen molar-refractivity contribution in [3.8, 4) is 11.5 Å². The van der Waals surface area contributed by atoms with Gasteiger partial charge in [0.15, 0.2) is 0 Å². The molecule has 0 aliphatic rings. The topological polar surface area (TPSA) is 64.6 Å². The Balaban J connectivity index is 2.38. The number of benzene rings is 2. The first-order valence-corrected chi connectivity index (χ1v) is 8.80. The van der Waals surface area contributed by atoms with Gasteiger partial charge in [-0.3, -0.25) is 4.72 Å². The molecule has 2 aromatic carbocycles. The van der Waals surface area contributed by atoms with Crippen LogP contribution in [0, 0.1) is 0 Å². The second-order valence-electron chi connectivity index (χ2n) is 4.79. The van der Waals surface area contributed by atoms with Crippen molar-refractivity contribution in [1.82, 2.24) is 0 Å². The molecule has 0 aliphatic carbocycles. The van der Waals surface area contributed by atoms with E-state index in [2.05, 4.69) is 4.72 Å². The van der Waals surface area contributed by atoms with Crippen LogP contribution in [0.3, 0.4) is 0 Å². The zero-order valence-electron chi connectivity index (χ0n) is 13.1. The van der Waals surface area contributed by atoms with Gasteiger partial charge in [0.05, 0.1) is 29.8 Å². The van der Waals surface area contributed by atoms with Crippen LogP contribution in [0.2, 0.25) is 5.02 Å². The highest BCUT2D eigenvalue weighted by Crippen LogP contribution is 2.36. The van der Waals surface area contributed by atoms with E-state index in [1.54, 1.807) is 24.3 Å². The summed E-state index contributed by atoms with van der Waals surface area (Å²) in [5.74, 6) is 0.721. The lowest BCUT2D eigenvalue weighted by atomic mass is 10.2. The number of aryl methyl sites for hydroxylation is 1. The molecule has 0 unspecified atom stereocenters. The number of hydrogen-bond acceptors (Lipinski definition) is 4. The molecule has 0 aliphatic heterocycles. The van der Waals surface area contributed by atoms with E-state index >= 15 is 0 Å². The standard InChI is InChI=1S/C16H18ClNO4S/c1-4-11-5-7-12(8-6-11)23(19,20)18-14-9-13(17)15(21-2)10-16(14)22-3/h5-10,18H,4H2,1-3H3. The Morgan fingerprint density at radius 2 is 1.65 bits per heavy atom. The van der Waals surface area contributed by atoms with E-state index in [9.17, 15) is 8.42 Å². The molecule has 1 N–H and O–H groups in total. The minimum atomic E-state index is -3.74. The van der Waals surface area contributed by atoms with Gasteiger partial charge in [-0.15, -0.1) is 0 Å². The Kier molecular flexibility index (Phi) is 5.38. The fourth-order valence-electron chi connectivity index (χ4n) is 2.05. The van der Waals surface area contributed by atoms with Crippen molar-refractivity contribution in [2.24, 2.45) is 0 Å². The van der Waals surface area contributed by atoms with Crippen LogP contribution in [-0.2, 0) is 16.4 Å². The van der Waals surface area contributed by atoms with Crippen molar-refractivity contribution in [1.29, 1.82) is 0 Å². The van der Waals surface area contributed by atoms with Crippen LogP contribution in [0.1, 0.15) is 12.5 Å². The monoisotopic (exact) mass is 355 g/mol. The molecule has 7 heteroatoms. The summed E-state index contributed by atoms with van der Waals surface area (Å²) in [5, 5.41) is 0.285. The van der Waals surface area contributed by atoms with E-state index in [0.29, 0.717) is 11.5 Å². The van der Waals surface area contributed by atoms with E-state index in [4.69, 9.17) is 21.1 Å². The van der Waals surface area contributed by atoms with Crippen molar-refractivity contribution < 1.29 is 17.9 Å². The first kappa shape index (κ1) is 17.4. The van der Waals surface area contributed by atoms with E-state index in [1.165, 1.54) is 26.4 Å². The number of hydrogen-bond donors (Lipinski definition) is 1. The second kappa shape index (κ2) is 7.10. The minimum Gasteiger partial charge on any atom is -0.495 e. The molecule has 124 valence electrons. The number of halogens is 1. The second-order valence-corrected chi connectivity index (χ2v) is 6.88. The molecule has 0 spiro atoms. The maximum atomic E-state index is 12.5. The quantitative estimate of drug-likeness (QED) is 0.857. The van der Waals surface area contributed by atoms with Crippen LogP contribution >= 0.6 is 11.6 Å². The zero-order chi connectivity index (χ0) is 17.0. The fourth-order valence-corrected chi connectivity index (χ4v) is 3.35. The molecule has 0 saturated carbocycles. The molecule has 0 radical (unpaired) electrons. The summed E-state index contributed by atoms with van der Waals surface area (Å²) >= 11 is 6.06. The third-order valence-corrected chi connectivity index (χ3v) is 5.04. The summed E-state index contributed by atoms with van der Waals surface area (Å²) in [5.41, 5.74) is 1.31.